The van der Waals surface area contributed by atoms with Crippen molar-refractivity contribution in [3.63, 3.8) is 0 Å². The van der Waals surface area contributed by atoms with Crippen LogP contribution in [0.25, 0.3) is 0 Å². The van der Waals surface area contributed by atoms with Crippen LogP contribution in [0.5, 0.6) is 0 Å². The van der Waals surface area contributed by atoms with Crippen molar-refractivity contribution in [1.29, 1.82) is 0 Å². The van der Waals surface area contributed by atoms with E-state index in [1.54, 1.807) is 0 Å². The smallest absolute Gasteiger partial charge is 0.306 e. The van der Waals surface area contributed by atoms with Gasteiger partial charge in [0.15, 0.2) is 0 Å². The molecule has 0 saturated carbocycles. The third kappa shape index (κ3) is 44.5. The van der Waals surface area contributed by atoms with E-state index in [9.17, 15) is 19.8 Å². The van der Waals surface area contributed by atoms with E-state index >= 15 is 0 Å². The van der Waals surface area contributed by atoms with Crippen molar-refractivity contribution in [2.75, 3.05) is 6.61 Å². The Kier molecular flexibility index (Phi) is 47.6. The van der Waals surface area contributed by atoms with Gasteiger partial charge in [0.05, 0.1) is 25.2 Å². The summed E-state index contributed by atoms with van der Waals surface area (Å²) in [6, 6.07) is -0.731. The van der Waals surface area contributed by atoms with Crippen molar-refractivity contribution < 1.29 is 24.5 Å². The number of hydrogen-bond acceptors (Lipinski definition) is 5. The number of hydrogen-bond donors (Lipinski definition) is 3. The van der Waals surface area contributed by atoms with Crippen molar-refractivity contribution in [3.05, 3.63) is 36.5 Å². The largest absolute Gasteiger partial charge is 0.458 e. The van der Waals surface area contributed by atoms with Crippen LogP contribution < -0.4 is 5.32 Å². The number of carbonyl (C=O) groups excluding carboxylic acids is 2. The number of nitrogens with one attached hydrogen (secondary N) is 1. The van der Waals surface area contributed by atoms with Gasteiger partial charge in [0.2, 0.25) is 5.91 Å². The normalized spacial score (nSPS) is 13.5. The maximum atomic E-state index is 13.2. The fraction of sp³-hybridized carbons (Fsp3) is 0.855. The van der Waals surface area contributed by atoms with E-state index in [-0.39, 0.29) is 24.9 Å². The first-order valence-electron chi connectivity index (χ1n) is 26.7. The van der Waals surface area contributed by atoms with Gasteiger partial charge in [0.25, 0.3) is 0 Å². The number of ether oxygens (including phenoxy) is 1. The van der Waals surface area contributed by atoms with E-state index in [0.717, 1.165) is 57.8 Å². The number of amides is 1. The van der Waals surface area contributed by atoms with Gasteiger partial charge in [-0.2, -0.15) is 0 Å². The second-order valence-electron chi connectivity index (χ2n) is 18.3. The van der Waals surface area contributed by atoms with Gasteiger partial charge in [-0.3, -0.25) is 9.59 Å². The lowest BCUT2D eigenvalue weighted by Crippen LogP contribution is -2.46. The Hall–Kier alpha value is -1.92. The van der Waals surface area contributed by atoms with Crippen molar-refractivity contribution in [2.45, 2.75) is 296 Å². The van der Waals surface area contributed by atoms with Crippen LogP contribution in [0.1, 0.15) is 278 Å². The average Bonchev–Trinajstić information content (AvgIpc) is 3.25. The summed E-state index contributed by atoms with van der Waals surface area (Å²) in [5.41, 5.74) is 0. The molecule has 0 aromatic heterocycles. The molecule has 6 nitrogen and oxygen atoms in total. The van der Waals surface area contributed by atoms with Gasteiger partial charge in [0, 0.05) is 6.42 Å². The fourth-order valence-electron chi connectivity index (χ4n) is 8.10. The molecule has 3 N–H and O–H groups in total. The van der Waals surface area contributed by atoms with Gasteiger partial charge in [-0.05, 0) is 63.9 Å². The summed E-state index contributed by atoms with van der Waals surface area (Å²) in [6.45, 7) is 6.45. The van der Waals surface area contributed by atoms with E-state index in [1.807, 2.05) is 12.2 Å². The van der Waals surface area contributed by atoms with E-state index < -0.39 is 18.2 Å². The van der Waals surface area contributed by atoms with Crippen LogP contribution in [-0.4, -0.2) is 46.9 Å². The quantitative estimate of drug-likeness (QED) is 0.0322. The molecule has 0 fully saturated rings. The standard InChI is InChI=1S/C55H103NO5/c1-4-7-10-13-16-19-22-24-25-26-27-28-30-33-36-39-42-45-48-55(60)61-51(46-43-40-37-34-31-21-18-15-12-9-6-3)49-54(59)56-52(50-57)53(58)47-44-41-38-35-32-29-23-20-17-14-11-8-5-2/h27-28,34,37,43,46,51-53,57-58H,4-26,29-33,35-36,38-42,44-45,47-50H2,1-3H3,(H,56,59)/b28-27+,37-34-,46-43+. The highest BCUT2D eigenvalue weighted by Gasteiger charge is 2.23. The first kappa shape index (κ1) is 59.1. The Labute approximate surface area is 379 Å². The molecular formula is C55H103NO5. The fourth-order valence-corrected chi connectivity index (χ4v) is 8.10. The average molecular weight is 858 g/mol. The first-order chi connectivity index (χ1) is 30.0. The van der Waals surface area contributed by atoms with Gasteiger partial charge in [-0.1, -0.05) is 237 Å². The molecule has 3 unspecified atom stereocenters. The minimum Gasteiger partial charge on any atom is -0.458 e. The van der Waals surface area contributed by atoms with Crippen LogP contribution in [0.3, 0.4) is 0 Å². The van der Waals surface area contributed by atoms with Crippen LogP contribution in [0.15, 0.2) is 36.5 Å². The van der Waals surface area contributed by atoms with Crippen LogP contribution in [-0.2, 0) is 14.3 Å². The van der Waals surface area contributed by atoms with Crippen molar-refractivity contribution in [1.82, 2.24) is 5.32 Å². The van der Waals surface area contributed by atoms with Crippen molar-refractivity contribution >= 4 is 11.9 Å². The lowest BCUT2D eigenvalue weighted by molar-refractivity contribution is -0.148. The summed E-state index contributed by atoms with van der Waals surface area (Å²) in [4.78, 5) is 26.1. The predicted molar refractivity (Wildman–Crippen MR) is 264 cm³/mol. The lowest BCUT2D eigenvalue weighted by atomic mass is 10.0. The Morgan fingerprint density at radius 2 is 0.869 bits per heavy atom. The summed E-state index contributed by atoms with van der Waals surface area (Å²) in [5.74, 6) is -0.603. The van der Waals surface area contributed by atoms with Crippen LogP contribution in [0.2, 0.25) is 0 Å². The highest BCUT2D eigenvalue weighted by Crippen LogP contribution is 2.16. The maximum absolute atomic E-state index is 13.2. The second-order valence-corrected chi connectivity index (χ2v) is 18.3. The van der Waals surface area contributed by atoms with E-state index in [1.165, 1.54) is 180 Å². The zero-order valence-electron chi connectivity index (χ0n) is 40.8. The third-order valence-electron chi connectivity index (χ3n) is 12.2. The SMILES string of the molecule is CCCCCCCC/C=C\C/C=C/C(CC(=O)NC(CO)C(O)CCCCCCCCCCCCCCC)OC(=O)CCCCCCC/C=C/CCCCCCCCCCC. The van der Waals surface area contributed by atoms with E-state index in [0.29, 0.717) is 12.8 Å². The van der Waals surface area contributed by atoms with Gasteiger partial charge >= 0.3 is 5.97 Å². The molecule has 6 heteroatoms. The molecule has 0 radical (unpaired) electrons. The molecule has 0 bridgehead atoms. The van der Waals surface area contributed by atoms with Gasteiger partial charge in [0.1, 0.15) is 6.10 Å². The number of rotatable bonds is 48. The molecule has 61 heavy (non-hydrogen) atoms. The molecule has 3 atom stereocenters. The predicted octanol–water partition coefficient (Wildman–Crippen LogP) is 16.1. The van der Waals surface area contributed by atoms with Gasteiger partial charge in [-0.15, -0.1) is 0 Å². The summed E-state index contributed by atoms with van der Waals surface area (Å²) < 4.78 is 5.83. The highest BCUT2D eigenvalue weighted by atomic mass is 16.5. The Morgan fingerprint density at radius 1 is 0.492 bits per heavy atom. The van der Waals surface area contributed by atoms with E-state index in [2.05, 4.69) is 50.4 Å². The number of unbranched alkanes of at least 4 members (excludes halogenated alkanes) is 32. The highest BCUT2D eigenvalue weighted by molar-refractivity contribution is 5.78. The Morgan fingerprint density at radius 3 is 1.30 bits per heavy atom. The van der Waals surface area contributed by atoms with Crippen LogP contribution >= 0.6 is 0 Å². The lowest BCUT2D eigenvalue weighted by Gasteiger charge is -2.23. The molecule has 0 heterocycles. The monoisotopic (exact) mass is 858 g/mol. The van der Waals surface area contributed by atoms with Crippen LogP contribution in [0.4, 0.5) is 0 Å². The topological polar surface area (TPSA) is 95.9 Å². The number of aliphatic hydroxyl groups excluding tert-OH is 2. The molecule has 0 spiro atoms. The molecule has 358 valence electrons. The molecule has 0 aliphatic carbocycles. The minimum atomic E-state index is -0.810. The van der Waals surface area contributed by atoms with Crippen LogP contribution in [0, 0.1) is 0 Å². The zero-order chi connectivity index (χ0) is 44.5. The molecule has 0 aliphatic rings. The van der Waals surface area contributed by atoms with Gasteiger partial charge < -0.3 is 20.3 Å². The summed E-state index contributed by atoms with van der Waals surface area (Å²) >= 11 is 0. The number of carbonyl (C=O) groups is 2. The molecule has 1 amide bonds. The minimum absolute atomic E-state index is 0.0294. The second kappa shape index (κ2) is 49.1. The molecular weight excluding hydrogens is 755 g/mol. The van der Waals surface area contributed by atoms with Crippen molar-refractivity contribution in [3.8, 4) is 0 Å². The number of aliphatic hydroxyl groups is 2. The summed E-state index contributed by atoms with van der Waals surface area (Å²) in [7, 11) is 0. The summed E-state index contributed by atoms with van der Waals surface area (Å²) in [5, 5.41) is 23.7. The third-order valence-corrected chi connectivity index (χ3v) is 12.2. The molecule has 0 aliphatic heterocycles. The number of esters is 1. The first-order valence-corrected chi connectivity index (χ1v) is 26.7. The Bertz CT molecular complexity index is 1010. The molecule has 0 rings (SSSR count). The van der Waals surface area contributed by atoms with Crippen molar-refractivity contribution in [2.24, 2.45) is 0 Å². The molecule has 0 aromatic rings. The summed E-state index contributed by atoms with van der Waals surface area (Å²) in [6.07, 6.45) is 58.1. The molecule has 0 aromatic carbocycles. The van der Waals surface area contributed by atoms with E-state index in [4.69, 9.17) is 4.74 Å². The number of allylic oxidation sites excluding steroid dienone is 5. The van der Waals surface area contributed by atoms with Gasteiger partial charge in [-0.25, -0.2) is 0 Å². The zero-order valence-corrected chi connectivity index (χ0v) is 40.8. The Balaban J connectivity index is 4.56. The maximum Gasteiger partial charge on any atom is 0.306 e. The molecule has 0 saturated heterocycles.